The molecule has 1 saturated heterocycles. The average Bonchev–Trinajstić information content (AvgIpc) is 2.53. The summed E-state index contributed by atoms with van der Waals surface area (Å²) in [6.07, 6.45) is 3.98. The van der Waals surface area contributed by atoms with E-state index >= 15 is 0 Å². The standard InChI is InChI=1S/C8H13N3O/c1-7-10-9-6-11(7)8-2-4-12-5-3-8/h6,8H,2-5H2,1H3. The molecule has 0 unspecified atom stereocenters. The molecule has 0 N–H and O–H groups in total. The van der Waals surface area contributed by atoms with Crippen molar-refractivity contribution in [2.75, 3.05) is 13.2 Å². The van der Waals surface area contributed by atoms with Crippen LogP contribution in [0.3, 0.4) is 0 Å². The van der Waals surface area contributed by atoms with Crippen LogP contribution in [0.5, 0.6) is 0 Å². The van der Waals surface area contributed by atoms with Gasteiger partial charge in [-0.3, -0.25) is 0 Å². The van der Waals surface area contributed by atoms with E-state index in [1.54, 1.807) is 0 Å². The Bertz CT molecular complexity index is 253. The molecule has 2 heterocycles. The smallest absolute Gasteiger partial charge is 0.129 e. The minimum Gasteiger partial charge on any atom is -0.381 e. The molecule has 4 nitrogen and oxygen atoms in total. The van der Waals surface area contributed by atoms with E-state index in [-0.39, 0.29) is 0 Å². The predicted molar refractivity (Wildman–Crippen MR) is 43.8 cm³/mol. The van der Waals surface area contributed by atoms with Crippen LogP contribution in [0.2, 0.25) is 0 Å². The quantitative estimate of drug-likeness (QED) is 0.625. The summed E-state index contributed by atoms with van der Waals surface area (Å²) in [6, 6.07) is 0.550. The van der Waals surface area contributed by atoms with Gasteiger partial charge in [0.05, 0.1) is 0 Å². The summed E-state index contributed by atoms with van der Waals surface area (Å²) in [5, 5.41) is 7.83. The summed E-state index contributed by atoms with van der Waals surface area (Å²) >= 11 is 0. The van der Waals surface area contributed by atoms with Crippen molar-refractivity contribution in [2.24, 2.45) is 0 Å². The molecule has 12 heavy (non-hydrogen) atoms. The van der Waals surface area contributed by atoms with Crippen molar-refractivity contribution in [3.8, 4) is 0 Å². The highest BCUT2D eigenvalue weighted by atomic mass is 16.5. The number of hydrogen-bond acceptors (Lipinski definition) is 3. The van der Waals surface area contributed by atoms with Crippen LogP contribution in [0.4, 0.5) is 0 Å². The number of nitrogens with zero attached hydrogens (tertiary/aromatic N) is 3. The third kappa shape index (κ3) is 1.34. The molecule has 1 aliphatic heterocycles. The van der Waals surface area contributed by atoms with Crippen molar-refractivity contribution >= 4 is 0 Å². The van der Waals surface area contributed by atoms with Gasteiger partial charge in [-0.1, -0.05) is 0 Å². The van der Waals surface area contributed by atoms with Crippen LogP contribution in [0.15, 0.2) is 6.33 Å². The first-order valence-electron chi connectivity index (χ1n) is 4.32. The van der Waals surface area contributed by atoms with E-state index in [0.29, 0.717) is 6.04 Å². The highest BCUT2D eigenvalue weighted by molar-refractivity contribution is 4.86. The molecule has 0 atom stereocenters. The van der Waals surface area contributed by atoms with Crippen LogP contribution < -0.4 is 0 Å². The van der Waals surface area contributed by atoms with Crippen LogP contribution in [0.25, 0.3) is 0 Å². The van der Waals surface area contributed by atoms with Crippen molar-refractivity contribution in [1.82, 2.24) is 14.8 Å². The summed E-state index contributed by atoms with van der Waals surface area (Å²) in [5.41, 5.74) is 0. The Morgan fingerprint density at radius 3 is 2.83 bits per heavy atom. The Morgan fingerprint density at radius 1 is 1.50 bits per heavy atom. The monoisotopic (exact) mass is 167 g/mol. The first kappa shape index (κ1) is 7.73. The molecule has 0 spiro atoms. The second-order valence-electron chi connectivity index (χ2n) is 3.13. The second-order valence-corrected chi connectivity index (χ2v) is 3.13. The largest absolute Gasteiger partial charge is 0.381 e. The van der Waals surface area contributed by atoms with E-state index < -0.39 is 0 Å². The molecular weight excluding hydrogens is 154 g/mol. The number of ether oxygens (including phenoxy) is 1. The number of hydrogen-bond donors (Lipinski definition) is 0. The highest BCUT2D eigenvalue weighted by Gasteiger charge is 2.16. The molecule has 0 bridgehead atoms. The molecule has 0 aromatic carbocycles. The number of aromatic nitrogens is 3. The van der Waals surface area contributed by atoms with E-state index in [2.05, 4.69) is 14.8 Å². The molecule has 1 aromatic rings. The molecule has 1 aliphatic rings. The zero-order valence-electron chi connectivity index (χ0n) is 7.23. The van der Waals surface area contributed by atoms with Crippen molar-refractivity contribution < 1.29 is 4.74 Å². The van der Waals surface area contributed by atoms with E-state index in [9.17, 15) is 0 Å². The maximum absolute atomic E-state index is 5.28. The lowest BCUT2D eigenvalue weighted by molar-refractivity contribution is 0.0690. The fourth-order valence-corrected chi connectivity index (χ4v) is 1.62. The zero-order chi connectivity index (χ0) is 8.39. The summed E-state index contributed by atoms with van der Waals surface area (Å²) in [5.74, 6) is 1.00. The molecule has 0 saturated carbocycles. The Morgan fingerprint density at radius 2 is 2.25 bits per heavy atom. The van der Waals surface area contributed by atoms with Crippen molar-refractivity contribution in [3.63, 3.8) is 0 Å². The normalized spacial score (nSPS) is 19.8. The summed E-state index contributed by atoms with van der Waals surface area (Å²) in [4.78, 5) is 0. The Labute approximate surface area is 71.6 Å². The van der Waals surface area contributed by atoms with E-state index in [1.165, 1.54) is 0 Å². The molecular formula is C8H13N3O. The summed E-state index contributed by atoms with van der Waals surface area (Å²) in [6.45, 7) is 3.72. The van der Waals surface area contributed by atoms with Crippen molar-refractivity contribution in [1.29, 1.82) is 0 Å². The third-order valence-corrected chi connectivity index (χ3v) is 2.34. The van der Waals surface area contributed by atoms with Gasteiger partial charge in [-0.2, -0.15) is 0 Å². The van der Waals surface area contributed by atoms with Gasteiger partial charge in [0, 0.05) is 19.3 Å². The van der Waals surface area contributed by atoms with Crippen LogP contribution in [-0.2, 0) is 4.74 Å². The fraction of sp³-hybridized carbons (Fsp3) is 0.750. The second kappa shape index (κ2) is 3.23. The maximum Gasteiger partial charge on any atom is 0.129 e. The predicted octanol–water partition coefficient (Wildman–Crippen LogP) is 0.938. The minimum absolute atomic E-state index is 0.550. The van der Waals surface area contributed by atoms with Gasteiger partial charge in [0.2, 0.25) is 0 Å². The molecule has 1 fully saturated rings. The van der Waals surface area contributed by atoms with Crippen molar-refractivity contribution in [2.45, 2.75) is 25.8 Å². The molecule has 66 valence electrons. The van der Waals surface area contributed by atoms with Gasteiger partial charge in [0.1, 0.15) is 12.2 Å². The molecule has 0 radical (unpaired) electrons. The van der Waals surface area contributed by atoms with Gasteiger partial charge in [-0.25, -0.2) is 0 Å². The van der Waals surface area contributed by atoms with Crippen molar-refractivity contribution in [3.05, 3.63) is 12.2 Å². The average molecular weight is 167 g/mol. The molecule has 0 aliphatic carbocycles. The van der Waals surface area contributed by atoms with Gasteiger partial charge < -0.3 is 9.30 Å². The lowest BCUT2D eigenvalue weighted by atomic mass is 10.1. The number of aryl methyl sites for hydroxylation is 1. The van der Waals surface area contributed by atoms with Gasteiger partial charge in [-0.15, -0.1) is 10.2 Å². The third-order valence-electron chi connectivity index (χ3n) is 2.34. The lowest BCUT2D eigenvalue weighted by Gasteiger charge is -2.23. The molecule has 4 heteroatoms. The highest BCUT2D eigenvalue weighted by Crippen LogP contribution is 2.20. The van der Waals surface area contributed by atoms with Gasteiger partial charge >= 0.3 is 0 Å². The van der Waals surface area contributed by atoms with Crippen LogP contribution in [-0.4, -0.2) is 28.0 Å². The van der Waals surface area contributed by atoms with Crippen LogP contribution in [0, 0.1) is 6.92 Å². The zero-order valence-corrected chi connectivity index (χ0v) is 7.23. The SMILES string of the molecule is Cc1nncn1C1CCOCC1. The Kier molecular flexibility index (Phi) is 2.08. The molecule has 0 amide bonds. The first-order valence-corrected chi connectivity index (χ1v) is 4.32. The van der Waals surface area contributed by atoms with Gasteiger partial charge in [0.15, 0.2) is 0 Å². The summed E-state index contributed by atoms with van der Waals surface area (Å²) in [7, 11) is 0. The maximum atomic E-state index is 5.28. The van der Waals surface area contributed by atoms with Gasteiger partial charge in [-0.05, 0) is 19.8 Å². The topological polar surface area (TPSA) is 39.9 Å². The summed E-state index contributed by atoms with van der Waals surface area (Å²) < 4.78 is 7.42. The minimum atomic E-state index is 0.550. The number of rotatable bonds is 1. The van der Waals surface area contributed by atoms with E-state index in [0.717, 1.165) is 31.9 Å². The van der Waals surface area contributed by atoms with Gasteiger partial charge in [0.25, 0.3) is 0 Å². The van der Waals surface area contributed by atoms with E-state index in [1.807, 2.05) is 13.3 Å². The first-order chi connectivity index (χ1) is 5.88. The lowest BCUT2D eigenvalue weighted by Crippen LogP contribution is -2.19. The molecule has 2 rings (SSSR count). The van der Waals surface area contributed by atoms with Crippen LogP contribution >= 0.6 is 0 Å². The van der Waals surface area contributed by atoms with E-state index in [4.69, 9.17) is 4.74 Å². The fourth-order valence-electron chi connectivity index (χ4n) is 1.62. The van der Waals surface area contributed by atoms with Crippen LogP contribution in [0.1, 0.15) is 24.7 Å². The Hall–Kier alpha value is -0.900. The Balaban J connectivity index is 2.13. The molecule has 1 aromatic heterocycles.